The molecule has 2 aliphatic rings. The van der Waals surface area contributed by atoms with Crippen molar-refractivity contribution < 1.29 is 9.59 Å². The van der Waals surface area contributed by atoms with Gasteiger partial charge in [0.25, 0.3) is 0 Å². The highest BCUT2D eigenvalue weighted by Gasteiger charge is 2.34. The van der Waals surface area contributed by atoms with Gasteiger partial charge in [-0.05, 0) is 49.7 Å². The predicted molar refractivity (Wildman–Crippen MR) is 123 cm³/mol. The molecule has 0 bridgehead atoms. The summed E-state index contributed by atoms with van der Waals surface area (Å²) >= 11 is 8.71. The third-order valence-corrected chi connectivity index (χ3v) is 5.78. The minimum Gasteiger partial charge on any atom is -0.352 e. The first-order valence-electron chi connectivity index (χ1n) is 9.75. The van der Waals surface area contributed by atoms with Crippen LogP contribution in [-0.2, 0) is 16.1 Å². The van der Waals surface area contributed by atoms with Crippen molar-refractivity contribution in [2.24, 2.45) is 10.9 Å². The summed E-state index contributed by atoms with van der Waals surface area (Å²) in [6.07, 6.45) is 8.45. The van der Waals surface area contributed by atoms with E-state index in [0.717, 1.165) is 29.3 Å². The smallest absolute Gasteiger partial charge is 0.241 e. The third kappa shape index (κ3) is 5.93. The molecule has 1 N–H and O–H groups in total. The Morgan fingerprint density at radius 2 is 1.97 bits per heavy atom. The number of benzene rings is 1. The second-order valence-electron chi connectivity index (χ2n) is 7.24. The molecule has 1 unspecified atom stereocenters. The van der Waals surface area contributed by atoms with Crippen LogP contribution in [-0.4, -0.2) is 34.1 Å². The molecular formula is C22H24BrN3O2S. The van der Waals surface area contributed by atoms with Gasteiger partial charge in [0.1, 0.15) is 5.92 Å². The summed E-state index contributed by atoms with van der Waals surface area (Å²) in [5.41, 5.74) is 3.00. The van der Waals surface area contributed by atoms with E-state index in [1.54, 1.807) is 4.90 Å². The third-order valence-electron chi connectivity index (χ3n) is 4.94. The maximum absolute atomic E-state index is 12.7. The largest absolute Gasteiger partial charge is 0.352 e. The fraction of sp³-hybridized carbons (Fsp3) is 0.364. The maximum Gasteiger partial charge on any atom is 0.241 e. The van der Waals surface area contributed by atoms with E-state index in [2.05, 4.69) is 26.2 Å². The summed E-state index contributed by atoms with van der Waals surface area (Å²) in [4.78, 5) is 30.7. The number of halogens is 1. The zero-order valence-corrected chi connectivity index (χ0v) is 18.8. The summed E-state index contributed by atoms with van der Waals surface area (Å²) in [6.45, 7) is 3.12. The van der Waals surface area contributed by atoms with E-state index in [0.29, 0.717) is 30.3 Å². The monoisotopic (exact) mass is 473 g/mol. The van der Waals surface area contributed by atoms with Gasteiger partial charge in [0.15, 0.2) is 0 Å². The molecule has 0 spiro atoms. The van der Waals surface area contributed by atoms with Crippen LogP contribution in [0.15, 0.2) is 52.0 Å². The summed E-state index contributed by atoms with van der Waals surface area (Å²) in [6, 6.07) is 8.13. The molecule has 1 heterocycles. The number of aryl methyl sites for hydroxylation is 1. The Balaban J connectivity index is 1.37. The molecule has 1 aromatic carbocycles. The first kappa shape index (κ1) is 21.6. The summed E-state index contributed by atoms with van der Waals surface area (Å²) in [7, 11) is 0. The molecule has 0 saturated carbocycles. The molecule has 0 fully saturated rings. The second kappa shape index (κ2) is 10.1. The Bertz CT molecular complexity index is 890. The summed E-state index contributed by atoms with van der Waals surface area (Å²) in [5.74, 6) is -0.348. The van der Waals surface area contributed by atoms with E-state index in [4.69, 9.17) is 12.2 Å². The quantitative estimate of drug-likeness (QED) is 0.454. The topological polar surface area (TPSA) is 61.8 Å². The molecule has 0 radical (unpaired) electrons. The lowest BCUT2D eigenvalue weighted by molar-refractivity contribution is -0.128. The van der Waals surface area contributed by atoms with Gasteiger partial charge in [0, 0.05) is 24.0 Å². The molecule has 1 aliphatic carbocycles. The van der Waals surface area contributed by atoms with Crippen molar-refractivity contribution in [2.45, 2.75) is 39.2 Å². The van der Waals surface area contributed by atoms with E-state index in [1.165, 1.54) is 5.56 Å². The van der Waals surface area contributed by atoms with Crippen LogP contribution in [0.5, 0.6) is 0 Å². The number of amides is 2. The van der Waals surface area contributed by atoms with Crippen LogP contribution in [0, 0.1) is 12.8 Å². The summed E-state index contributed by atoms with van der Waals surface area (Å²) in [5, 5.41) is 3.28. The molecule has 152 valence electrons. The van der Waals surface area contributed by atoms with E-state index in [9.17, 15) is 9.59 Å². The van der Waals surface area contributed by atoms with Gasteiger partial charge >= 0.3 is 0 Å². The number of thiocarbonyl (C=S) groups is 1. The molecule has 2 amide bonds. The van der Waals surface area contributed by atoms with Gasteiger partial charge in [-0.15, -0.1) is 0 Å². The minimum absolute atomic E-state index is 0.0304. The highest BCUT2D eigenvalue weighted by atomic mass is 79.9. The van der Waals surface area contributed by atoms with Gasteiger partial charge < -0.3 is 5.32 Å². The number of unbranched alkanes of at least 4 members (excludes halogenated alkanes) is 2. The van der Waals surface area contributed by atoms with Gasteiger partial charge in [-0.2, -0.15) is 0 Å². The van der Waals surface area contributed by atoms with Crippen LogP contribution in [0.1, 0.15) is 36.8 Å². The van der Waals surface area contributed by atoms with Gasteiger partial charge in [0.2, 0.25) is 16.9 Å². The fourth-order valence-corrected chi connectivity index (χ4v) is 3.92. The lowest BCUT2D eigenvalue weighted by Crippen LogP contribution is -2.46. The molecule has 5 nitrogen and oxygen atoms in total. The average Bonchev–Trinajstić information content (AvgIpc) is 2.70. The highest BCUT2D eigenvalue weighted by molar-refractivity contribution is 9.11. The van der Waals surface area contributed by atoms with Crippen molar-refractivity contribution in [3.05, 3.63) is 58.1 Å². The number of rotatable bonds is 8. The fourth-order valence-electron chi connectivity index (χ4n) is 3.24. The van der Waals surface area contributed by atoms with Crippen molar-refractivity contribution in [3.8, 4) is 0 Å². The summed E-state index contributed by atoms with van der Waals surface area (Å²) < 4.78 is 0.874. The van der Waals surface area contributed by atoms with E-state index in [1.807, 2.05) is 49.4 Å². The molecule has 0 saturated heterocycles. The lowest BCUT2D eigenvalue weighted by atomic mass is 9.95. The number of carbonyl (C=O) groups excluding carboxylic acids is 2. The zero-order chi connectivity index (χ0) is 20.8. The van der Waals surface area contributed by atoms with Crippen LogP contribution >= 0.6 is 28.1 Å². The SMILES string of the molecule is Cc1ccc(CNC(=O)CCCCCN2C(=O)C3C=C(Br)C=CC3=NC2=S)cc1. The molecule has 1 aliphatic heterocycles. The van der Waals surface area contributed by atoms with Crippen LogP contribution in [0.4, 0.5) is 0 Å². The number of hydrogen-bond donors (Lipinski definition) is 1. The molecule has 29 heavy (non-hydrogen) atoms. The number of nitrogens with zero attached hydrogens (tertiary/aromatic N) is 2. The standard InChI is InChI=1S/C22H24BrN3O2S/c1-15-6-8-16(9-7-15)14-24-20(27)5-3-2-4-12-26-21(28)18-13-17(23)10-11-19(18)25-22(26)29/h6-11,13,18H,2-5,12,14H2,1H3,(H,24,27). The lowest BCUT2D eigenvalue weighted by Gasteiger charge is -2.30. The number of fused-ring (bicyclic) bond motifs is 1. The second-order valence-corrected chi connectivity index (χ2v) is 8.53. The van der Waals surface area contributed by atoms with E-state index >= 15 is 0 Å². The van der Waals surface area contributed by atoms with Gasteiger partial charge in [-0.1, -0.05) is 58.3 Å². The maximum atomic E-state index is 12.7. The van der Waals surface area contributed by atoms with Crippen molar-refractivity contribution in [1.82, 2.24) is 10.2 Å². The van der Waals surface area contributed by atoms with Crippen molar-refractivity contribution in [3.63, 3.8) is 0 Å². The predicted octanol–water partition coefficient (Wildman–Crippen LogP) is 4.20. The van der Waals surface area contributed by atoms with Gasteiger partial charge in [0.05, 0.1) is 5.71 Å². The normalized spacial score (nSPS) is 18.3. The minimum atomic E-state index is -0.367. The van der Waals surface area contributed by atoms with Crippen LogP contribution in [0.2, 0.25) is 0 Å². The van der Waals surface area contributed by atoms with Crippen LogP contribution in [0.25, 0.3) is 0 Å². The molecule has 0 aromatic heterocycles. The van der Waals surface area contributed by atoms with Crippen molar-refractivity contribution in [2.75, 3.05) is 6.54 Å². The molecule has 7 heteroatoms. The molecule has 3 rings (SSSR count). The van der Waals surface area contributed by atoms with Gasteiger partial charge in [-0.3, -0.25) is 14.5 Å². The van der Waals surface area contributed by atoms with Crippen LogP contribution < -0.4 is 5.32 Å². The number of aliphatic imine (C=N–C) groups is 1. The molecule has 1 atom stereocenters. The first-order valence-corrected chi connectivity index (χ1v) is 11.0. The Labute approximate surface area is 185 Å². The Morgan fingerprint density at radius 3 is 2.72 bits per heavy atom. The Kier molecular flexibility index (Phi) is 7.50. The molecular weight excluding hydrogens is 450 g/mol. The Hall–Kier alpha value is -2.12. The first-order chi connectivity index (χ1) is 13.9. The van der Waals surface area contributed by atoms with Crippen molar-refractivity contribution in [1.29, 1.82) is 0 Å². The average molecular weight is 474 g/mol. The van der Waals surface area contributed by atoms with E-state index < -0.39 is 0 Å². The molecule has 1 aromatic rings. The van der Waals surface area contributed by atoms with E-state index in [-0.39, 0.29) is 17.7 Å². The van der Waals surface area contributed by atoms with Crippen LogP contribution in [0.3, 0.4) is 0 Å². The Morgan fingerprint density at radius 1 is 1.21 bits per heavy atom. The van der Waals surface area contributed by atoms with Gasteiger partial charge in [-0.25, -0.2) is 4.99 Å². The number of nitrogens with one attached hydrogen (secondary N) is 1. The zero-order valence-electron chi connectivity index (χ0n) is 16.4. The van der Waals surface area contributed by atoms with Crippen molar-refractivity contribution >= 4 is 50.8 Å². The number of hydrogen-bond acceptors (Lipinski definition) is 3. The number of carbonyl (C=O) groups is 2. The number of allylic oxidation sites excluding steroid dienone is 3. The highest BCUT2D eigenvalue weighted by Crippen LogP contribution is 2.25.